The standard InChI is InChI=1S/C4H10O2.2C3H6O2/c1-2-3-4(5)6;2*1-2-3(4)5/h4-6H,2-3H2,1H3;2*2H2,1H3,(H,4,5). The third-order valence-electron chi connectivity index (χ3n) is 1.15. The van der Waals surface area contributed by atoms with Gasteiger partial charge in [0, 0.05) is 12.8 Å². The number of hydrogen-bond acceptors (Lipinski definition) is 4. The first-order valence-electron chi connectivity index (χ1n) is 5.11. The van der Waals surface area contributed by atoms with Crippen LogP contribution in [0.25, 0.3) is 0 Å². The number of rotatable bonds is 4. The minimum Gasteiger partial charge on any atom is -0.481 e. The predicted molar refractivity (Wildman–Crippen MR) is 59.0 cm³/mol. The summed E-state index contributed by atoms with van der Waals surface area (Å²) in [4.78, 5) is 18.7. The van der Waals surface area contributed by atoms with Crippen LogP contribution >= 0.6 is 0 Å². The fourth-order valence-electron chi connectivity index (χ4n) is 0.258. The normalized spacial score (nSPS) is 8.38. The van der Waals surface area contributed by atoms with Crippen molar-refractivity contribution in [2.75, 3.05) is 0 Å². The molecule has 0 aliphatic heterocycles. The van der Waals surface area contributed by atoms with Crippen molar-refractivity contribution in [3.63, 3.8) is 0 Å². The molecular formula is C10H22O6. The lowest BCUT2D eigenvalue weighted by molar-refractivity contribution is -0.137. The first kappa shape index (κ1) is 20.3. The van der Waals surface area contributed by atoms with Crippen LogP contribution in [0.2, 0.25) is 0 Å². The molecule has 0 bridgehead atoms. The zero-order valence-electron chi connectivity index (χ0n) is 10.0. The predicted octanol–water partition coefficient (Wildman–Crippen LogP) is 1.06. The molecule has 0 aromatic rings. The van der Waals surface area contributed by atoms with Gasteiger partial charge in [-0.1, -0.05) is 27.2 Å². The van der Waals surface area contributed by atoms with E-state index in [-0.39, 0.29) is 12.8 Å². The number of carboxylic acid groups (broad SMARTS) is 2. The maximum absolute atomic E-state index is 9.37. The summed E-state index contributed by atoms with van der Waals surface area (Å²) < 4.78 is 0. The van der Waals surface area contributed by atoms with Crippen LogP contribution in [0.3, 0.4) is 0 Å². The van der Waals surface area contributed by atoms with Crippen molar-refractivity contribution in [3.8, 4) is 0 Å². The van der Waals surface area contributed by atoms with Gasteiger partial charge in [0.2, 0.25) is 0 Å². The molecule has 0 heterocycles. The fraction of sp³-hybridized carbons (Fsp3) is 0.800. The molecule has 0 unspecified atom stereocenters. The summed E-state index contributed by atoms with van der Waals surface area (Å²) in [5.74, 6) is -1.49. The van der Waals surface area contributed by atoms with Gasteiger partial charge in [-0.3, -0.25) is 9.59 Å². The molecule has 0 aromatic carbocycles. The highest BCUT2D eigenvalue weighted by Gasteiger charge is 1.89. The van der Waals surface area contributed by atoms with Crippen LogP contribution < -0.4 is 0 Å². The van der Waals surface area contributed by atoms with Crippen molar-refractivity contribution in [2.45, 2.75) is 52.7 Å². The van der Waals surface area contributed by atoms with Crippen molar-refractivity contribution < 1.29 is 30.0 Å². The monoisotopic (exact) mass is 238 g/mol. The summed E-state index contributed by atoms with van der Waals surface area (Å²) in [5, 5.41) is 31.7. The van der Waals surface area contributed by atoms with Crippen LogP contribution in [0.5, 0.6) is 0 Å². The van der Waals surface area contributed by atoms with E-state index in [1.54, 1.807) is 13.8 Å². The number of aliphatic hydroxyl groups is 2. The van der Waals surface area contributed by atoms with E-state index >= 15 is 0 Å². The molecule has 0 aromatic heterocycles. The van der Waals surface area contributed by atoms with E-state index in [0.717, 1.165) is 6.42 Å². The number of carboxylic acids is 2. The van der Waals surface area contributed by atoms with Gasteiger partial charge >= 0.3 is 11.9 Å². The van der Waals surface area contributed by atoms with Crippen molar-refractivity contribution in [1.82, 2.24) is 0 Å². The molecule has 0 spiro atoms. The molecule has 0 saturated carbocycles. The zero-order valence-corrected chi connectivity index (χ0v) is 10.0. The van der Waals surface area contributed by atoms with E-state index in [4.69, 9.17) is 20.4 Å². The van der Waals surface area contributed by atoms with Gasteiger partial charge in [0.1, 0.15) is 0 Å². The Bertz CT molecular complexity index is 153. The molecule has 4 N–H and O–H groups in total. The second kappa shape index (κ2) is 16.3. The fourth-order valence-corrected chi connectivity index (χ4v) is 0.258. The van der Waals surface area contributed by atoms with Gasteiger partial charge in [-0.15, -0.1) is 0 Å². The van der Waals surface area contributed by atoms with E-state index in [9.17, 15) is 9.59 Å². The molecule has 0 atom stereocenters. The summed E-state index contributed by atoms with van der Waals surface area (Å²) >= 11 is 0. The van der Waals surface area contributed by atoms with Crippen LogP contribution in [0.1, 0.15) is 46.5 Å². The number of aliphatic hydroxyl groups excluding tert-OH is 1. The maximum atomic E-state index is 9.37. The first-order chi connectivity index (χ1) is 7.31. The molecular weight excluding hydrogens is 216 g/mol. The lowest BCUT2D eigenvalue weighted by Gasteiger charge is -1.94. The SMILES string of the molecule is CCC(=O)O.CCC(=O)O.CCCC(O)O. The molecule has 98 valence electrons. The first-order valence-corrected chi connectivity index (χ1v) is 5.11. The van der Waals surface area contributed by atoms with E-state index < -0.39 is 18.2 Å². The highest BCUT2D eigenvalue weighted by molar-refractivity contribution is 5.66. The van der Waals surface area contributed by atoms with Crippen LogP contribution in [0, 0.1) is 0 Å². The summed E-state index contributed by atoms with van der Waals surface area (Å²) in [6, 6.07) is 0. The Morgan fingerprint density at radius 1 is 0.938 bits per heavy atom. The maximum Gasteiger partial charge on any atom is 0.303 e. The molecule has 0 fully saturated rings. The van der Waals surface area contributed by atoms with E-state index in [1.165, 1.54) is 0 Å². The quantitative estimate of drug-likeness (QED) is 0.544. The summed E-state index contributed by atoms with van der Waals surface area (Å²) in [7, 11) is 0. The summed E-state index contributed by atoms with van der Waals surface area (Å²) in [5.41, 5.74) is 0. The Hall–Kier alpha value is -1.14. The van der Waals surface area contributed by atoms with Crippen LogP contribution in [0.4, 0.5) is 0 Å². The van der Waals surface area contributed by atoms with Crippen LogP contribution in [-0.4, -0.2) is 38.7 Å². The highest BCUT2D eigenvalue weighted by Crippen LogP contribution is 1.88. The van der Waals surface area contributed by atoms with Crippen molar-refractivity contribution >= 4 is 11.9 Å². The average Bonchev–Trinajstić information content (AvgIpc) is 2.19. The molecule has 16 heavy (non-hydrogen) atoms. The Balaban J connectivity index is -0.000000160. The summed E-state index contributed by atoms with van der Waals surface area (Å²) in [6.45, 7) is 5.10. The van der Waals surface area contributed by atoms with Gasteiger partial charge < -0.3 is 20.4 Å². The Kier molecular flexibility index (Phi) is 20.7. The van der Waals surface area contributed by atoms with Gasteiger partial charge in [0.05, 0.1) is 0 Å². The van der Waals surface area contributed by atoms with E-state index in [0.29, 0.717) is 6.42 Å². The second-order valence-corrected chi connectivity index (χ2v) is 2.76. The van der Waals surface area contributed by atoms with E-state index in [1.807, 2.05) is 6.92 Å². The van der Waals surface area contributed by atoms with E-state index in [2.05, 4.69) is 0 Å². The van der Waals surface area contributed by atoms with Crippen LogP contribution in [-0.2, 0) is 9.59 Å². The largest absolute Gasteiger partial charge is 0.481 e. The smallest absolute Gasteiger partial charge is 0.303 e. The third kappa shape index (κ3) is 52.7. The zero-order chi connectivity index (χ0) is 13.6. The number of hydrogen-bond donors (Lipinski definition) is 4. The lowest BCUT2D eigenvalue weighted by Crippen LogP contribution is -2.01. The highest BCUT2D eigenvalue weighted by atomic mass is 16.5. The van der Waals surface area contributed by atoms with Gasteiger partial charge in [-0.2, -0.15) is 0 Å². The molecule has 6 heteroatoms. The van der Waals surface area contributed by atoms with Gasteiger partial charge in [0.25, 0.3) is 0 Å². The van der Waals surface area contributed by atoms with Crippen molar-refractivity contribution in [2.24, 2.45) is 0 Å². The Morgan fingerprint density at radius 2 is 1.19 bits per heavy atom. The summed E-state index contributed by atoms with van der Waals surface area (Å²) in [6.07, 6.45) is 0.660. The van der Waals surface area contributed by atoms with Crippen molar-refractivity contribution in [3.05, 3.63) is 0 Å². The molecule has 0 radical (unpaired) electrons. The molecule has 0 saturated heterocycles. The lowest BCUT2D eigenvalue weighted by atomic mass is 10.3. The van der Waals surface area contributed by atoms with Crippen molar-refractivity contribution in [1.29, 1.82) is 0 Å². The molecule has 0 aliphatic carbocycles. The molecule has 0 aliphatic rings. The molecule has 0 amide bonds. The molecule has 0 rings (SSSR count). The van der Waals surface area contributed by atoms with Crippen LogP contribution in [0.15, 0.2) is 0 Å². The Labute approximate surface area is 95.5 Å². The number of aliphatic carboxylic acids is 2. The molecule has 6 nitrogen and oxygen atoms in total. The second-order valence-electron chi connectivity index (χ2n) is 2.76. The van der Waals surface area contributed by atoms with Gasteiger partial charge in [-0.05, 0) is 6.42 Å². The number of carbonyl (C=O) groups is 2. The average molecular weight is 238 g/mol. The van der Waals surface area contributed by atoms with Gasteiger partial charge in [-0.25, -0.2) is 0 Å². The van der Waals surface area contributed by atoms with Gasteiger partial charge in [0.15, 0.2) is 6.29 Å². The minimum atomic E-state index is -1.10. The Morgan fingerprint density at radius 3 is 1.19 bits per heavy atom. The third-order valence-corrected chi connectivity index (χ3v) is 1.15. The minimum absolute atomic E-state index is 0.222. The topological polar surface area (TPSA) is 115 Å².